The molecular formula is C12H16Cl2N2O. The van der Waals surface area contributed by atoms with Crippen LogP contribution in [0.25, 0.3) is 0 Å². The van der Waals surface area contributed by atoms with Gasteiger partial charge in [-0.25, -0.2) is 0 Å². The minimum absolute atomic E-state index is 0.0241. The number of carbonyl (C=O) groups is 1. The van der Waals surface area contributed by atoms with Crippen LogP contribution in [0.15, 0.2) is 18.2 Å². The lowest BCUT2D eigenvalue weighted by molar-refractivity contribution is -0.118. The van der Waals surface area contributed by atoms with Gasteiger partial charge in [0.15, 0.2) is 0 Å². The summed E-state index contributed by atoms with van der Waals surface area (Å²) in [6.45, 7) is 4.81. The number of carbonyl (C=O) groups excluding carboxylic acids is 1. The predicted molar refractivity (Wildman–Crippen MR) is 71.6 cm³/mol. The van der Waals surface area contributed by atoms with Gasteiger partial charge in [-0.15, -0.1) is 0 Å². The molecule has 0 aliphatic rings. The topological polar surface area (TPSA) is 41.1 Å². The molecule has 1 atom stereocenters. The van der Waals surface area contributed by atoms with Gasteiger partial charge in [0.25, 0.3) is 0 Å². The Balaban J connectivity index is 2.46. The molecule has 17 heavy (non-hydrogen) atoms. The van der Waals surface area contributed by atoms with Crippen LogP contribution in [0.1, 0.15) is 25.5 Å². The van der Waals surface area contributed by atoms with Crippen LogP contribution in [0.3, 0.4) is 0 Å². The molecule has 0 fully saturated rings. The molecule has 0 radical (unpaired) electrons. The molecule has 0 spiro atoms. The van der Waals surface area contributed by atoms with Crippen molar-refractivity contribution in [2.75, 3.05) is 13.1 Å². The molecule has 3 nitrogen and oxygen atoms in total. The quantitative estimate of drug-likeness (QED) is 0.811. The van der Waals surface area contributed by atoms with Gasteiger partial charge in [-0.05, 0) is 24.6 Å². The largest absolute Gasteiger partial charge is 0.355 e. The van der Waals surface area contributed by atoms with Crippen LogP contribution >= 0.6 is 23.2 Å². The van der Waals surface area contributed by atoms with E-state index in [0.717, 1.165) is 5.56 Å². The first-order chi connectivity index (χ1) is 8.00. The highest BCUT2D eigenvalue weighted by Crippen LogP contribution is 2.25. The molecule has 0 saturated carbocycles. The highest BCUT2D eigenvalue weighted by molar-refractivity contribution is 6.35. The number of halogens is 2. The van der Waals surface area contributed by atoms with Gasteiger partial charge in [0, 0.05) is 36.1 Å². The Hall–Kier alpha value is -0.770. The molecule has 1 aromatic carbocycles. The van der Waals surface area contributed by atoms with Crippen molar-refractivity contribution < 1.29 is 4.79 Å². The SMILES string of the molecule is CC(=O)NCCNC(C)c1ccc(Cl)cc1Cl. The first-order valence-corrected chi connectivity index (χ1v) is 6.19. The average molecular weight is 275 g/mol. The van der Waals surface area contributed by atoms with E-state index in [1.54, 1.807) is 6.07 Å². The monoisotopic (exact) mass is 274 g/mol. The summed E-state index contributed by atoms with van der Waals surface area (Å²) >= 11 is 11.9. The average Bonchev–Trinajstić information content (AvgIpc) is 2.23. The highest BCUT2D eigenvalue weighted by Gasteiger charge is 2.08. The van der Waals surface area contributed by atoms with E-state index in [4.69, 9.17) is 23.2 Å². The third-order valence-electron chi connectivity index (χ3n) is 2.38. The maximum Gasteiger partial charge on any atom is 0.216 e. The molecule has 1 rings (SSSR count). The van der Waals surface area contributed by atoms with Crippen molar-refractivity contribution in [2.45, 2.75) is 19.9 Å². The number of rotatable bonds is 5. The number of benzene rings is 1. The highest BCUT2D eigenvalue weighted by atomic mass is 35.5. The van der Waals surface area contributed by atoms with Gasteiger partial charge >= 0.3 is 0 Å². The maximum atomic E-state index is 10.7. The van der Waals surface area contributed by atoms with Crippen molar-refractivity contribution in [2.24, 2.45) is 0 Å². The second kappa shape index (κ2) is 6.84. The Morgan fingerprint density at radius 3 is 2.65 bits per heavy atom. The van der Waals surface area contributed by atoms with Gasteiger partial charge in [-0.2, -0.15) is 0 Å². The van der Waals surface area contributed by atoms with Gasteiger partial charge < -0.3 is 10.6 Å². The summed E-state index contributed by atoms with van der Waals surface area (Å²) in [4.78, 5) is 10.7. The molecule has 0 heterocycles. The number of hydrogen-bond acceptors (Lipinski definition) is 2. The summed E-state index contributed by atoms with van der Waals surface area (Å²) in [5.74, 6) is -0.0241. The Kier molecular flexibility index (Phi) is 5.75. The number of nitrogens with one attached hydrogen (secondary N) is 2. The lowest BCUT2D eigenvalue weighted by Gasteiger charge is -2.16. The van der Waals surface area contributed by atoms with Gasteiger partial charge in [0.2, 0.25) is 5.91 Å². The van der Waals surface area contributed by atoms with Crippen molar-refractivity contribution in [1.29, 1.82) is 0 Å². The second-order valence-electron chi connectivity index (χ2n) is 3.82. The zero-order valence-electron chi connectivity index (χ0n) is 9.89. The van der Waals surface area contributed by atoms with Gasteiger partial charge in [0.05, 0.1) is 0 Å². The molecule has 94 valence electrons. The molecule has 1 unspecified atom stereocenters. The molecule has 0 saturated heterocycles. The summed E-state index contributed by atoms with van der Waals surface area (Å²) in [6.07, 6.45) is 0. The van der Waals surface area contributed by atoms with Gasteiger partial charge in [-0.3, -0.25) is 4.79 Å². The summed E-state index contributed by atoms with van der Waals surface area (Å²) in [5.41, 5.74) is 0.999. The standard InChI is InChI=1S/C12H16Cl2N2O/c1-8(15-5-6-16-9(2)17)11-4-3-10(13)7-12(11)14/h3-4,7-8,15H,5-6H2,1-2H3,(H,16,17). The lowest BCUT2D eigenvalue weighted by atomic mass is 10.1. The van der Waals surface area contributed by atoms with Crippen LogP contribution in [0, 0.1) is 0 Å². The molecule has 0 bridgehead atoms. The molecule has 2 N–H and O–H groups in total. The van der Waals surface area contributed by atoms with Crippen molar-refractivity contribution in [3.05, 3.63) is 33.8 Å². The normalized spacial score (nSPS) is 12.2. The Morgan fingerprint density at radius 1 is 1.35 bits per heavy atom. The summed E-state index contributed by atoms with van der Waals surface area (Å²) in [6, 6.07) is 5.56. The number of hydrogen-bond donors (Lipinski definition) is 2. The van der Waals surface area contributed by atoms with E-state index in [1.807, 2.05) is 19.1 Å². The van der Waals surface area contributed by atoms with Crippen molar-refractivity contribution >= 4 is 29.1 Å². The fourth-order valence-electron chi connectivity index (χ4n) is 1.49. The fourth-order valence-corrected chi connectivity index (χ4v) is 2.06. The predicted octanol–water partition coefficient (Wildman–Crippen LogP) is 2.78. The van der Waals surface area contributed by atoms with Crippen LogP contribution in [0.2, 0.25) is 10.0 Å². The van der Waals surface area contributed by atoms with E-state index in [0.29, 0.717) is 23.1 Å². The number of amides is 1. The van der Waals surface area contributed by atoms with Crippen LogP contribution < -0.4 is 10.6 Å². The lowest BCUT2D eigenvalue weighted by Crippen LogP contribution is -2.31. The summed E-state index contributed by atoms with van der Waals surface area (Å²) < 4.78 is 0. The molecule has 0 aliphatic carbocycles. The third-order valence-corrected chi connectivity index (χ3v) is 2.94. The summed E-state index contributed by atoms with van der Waals surface area (Å²) in [5, 5.41) is 7.27. The minimum Gasteiger partial charge on any atom is -0.355 e. The second-order valence-corrected chi connectivity index (χ2v) is 4.67. The fraction of sp³-hybridized carbons (Fsp3) is 0.417. The Labute approximate surface area is 111 Å². The van der Waals surface area contributed by atoms with Crippen LogP contribution in [-0.2, 0) is 4.79 Å². The molecule has 1 amide bonds. The molecule has 0 aromatic heterocycles. The van der Waals surface area contributed by atoms with Crippen LogP contribution in [0.5, 0.6) is 0 Å². The van der Waals surface area contributed by atoms with E-state index in [-0.39, 0.29) is 11.9 Å². The molecule has 1 aromatic rings. The zero-order valence-corrected chi connectivity index (χ0v) is 11.4. The Morgan fingerprint density at radius 2 is 2.06 bits per heavy atom. The van der Waals surface area contributed by atoms with E-state index in [1.165, 1.54) is 6.92 Å². The zero-order chi connectivity index (χ0) is 12.8. The third kappa shape index (κ3) is 4.94. The minimum atomic E-state index is -0.0241. The molecule has 5 heteroatoms. The van der Waals surface area contributed by atoms with Crippen molar-refractivity contribution in [3.8, 4) is 0 Å². The van der Waals surface area contributed by atoms with E-state index >= 15 is 0 Å². The van der Waals surface area contributed by atoms with Gasteiger partial charge in [-0.1, -0.05) is 29.3 Å². The van der Waals surface area contributed by atoms with Crippen molar-refractivity contribution in [1.82, 2.24) is 10.6 Å². The first kappa shape index (κ1) is 14.3. The smallest absolute Gasteiger partial charge is 0.216 e. The maximum absolute atomic E-state index is 10.7. The van der Waals surface area contributed by atoms with E-state index < -0.39 is 0 Å². The van der Waals surface area contributed by atoms with E-state index in [2.05, 4.69) is 10.6 Å². The molecular weight excluding hydrogens is 259 g/mol. The van der Waals surface area contributed by atoms with Crippen molar-refractivity contribution in [3.63, 3.8) is 0 Å². The Bertz CT molecular complexity index is 396. The first-order valence-electron chi connectivity index (χ1n) is 5.43. The van der Waals surface area contributed by atoms with Gasteiger partial charge in [0.1, 0.15) is 0 Å². The molecule has 0 aliphatic heterocycles. The van der Waals surface area contributed by atoms with Crippen LogP contribution in [0.4, 0.5) is 0 Å². The van der Waals surface area contributed by atoms with Crippen LogP contribution in [-0.4, -0.2) is 19.0 Å². The van der Waals surface area contributed by atoms with E-state index in [9.17, 15) is 4.79 Å². The summed E-state index contributed by atoms with van der Waals surface area (Å²) in [7, 11) is 0.